The molecule has 0 amide bonds. The van der Waals surface area contributed by atoms with Gasteiger partial charge in [0.2, 0.25) is 5.82 Å². The summed E-state index contributed by atoms with van der Waals surface area (Å²) in [5, 5.41) is 4.51. The lowest BCUT2D eigenvalue weighted by molar-refractivity contribution is -0.603. The summed E-state index contributed by atoms with van der Waals surface area (Å²) >= 11 is 0. The van der Waals surface area contributed by atoms with Crippen LogP contribution in [0.4, 0.5) is 5.69 Å². The van der Waals surface area contributed by atoms with Gasteiger partial charge in [-0.3, -0.25) is 0 Å². The summed E-state index contributed by atoms with van der Waals surface area (Å²) < 4.78 is 4.14. The normalized spacial score (nSPS) is 10.2. The molecule has 1 aromatic heterocycles. The molecular weight excluding hydrogens is 308 g/mol. The molecule has 0 unspecified atom stereocenters. The predicted octanol–water partition coefficient (Wildman–Crippen LogP) is 3.00. The molecule has 3 rings (SSSR count). The average molecular weight is 330 g/mol. The molecule has 0 saturated heterocycles. The maximum atomic E-state index is 4.51. The van der Waals surface area contributed by atoms with Gasteiger partial charge < -0.3 is 4.90 Å². The summed E-state index contributed by atoms with van der Waals surface area (Å²) in [6.45, 7) is 2.88. The number of aromatic nitrogens is 3. The van der Waals surface area contributed by atoms with Crippen LogP contribution in [0.2, 0.25) is 0 Å². The van der Waals surface area contributed by atoms with Crippen molar-refractivity contribution in [3.05, 3.63) is 72.3 Å². The van der Waals surface area contributed by atoms with Gasteiger partial charge in [-0.25, -0.2) is 4.57 Å². The number of halogens is 1. The van der Waals surface area contributed by atoms with Crippen LogP contribution in [-0.2, 0) is 6.54 Å². The van der Waals surface area contributed by atoms with Crippen molar-refractivity contribution in [1.82, 2.24) is 9.78 Å². The fourth-order valence-corrected chi connectivity index (χ4v) is 2.48. The van der Waals surface area contributed by atoms with E-state index in [-0.39, 0.29) is 12.4 Å². The Labute approximate surface area is 143 Å². The van der Waals surface area contributed by atoms with E-state index in [0.29, 0.717) is 0 Å². The summed E-state index contributed by atoms with van der Waals surface area (Å²) in [7, 11) is 4.09. The molecule has 0 N–H and O–H groups in total. The Morgan fingerprint density at radius 1 is 1.00 bits per heavy atom. The highest BCUT2D eigenvalue weighted by atomic mass is 35.5. The largest absolute Gasteiger partial charge is 0.378 e. The van der Waals surface area contributed by atoms with Gasteiger partial charge in [-0.15, -0.1) is 17.1 Å². The van der Waals surface area contributed by atoms with Crippen molar-refractivity contribution in [2.75, 3.05) is 19.0 Å². The zero-order valence-electron chi connectivity index (χ0n) is 13.7. The average Bonchev–Trinajstić information content (AvgIpc) is 2.89. The van der Waals surface area contributed by atoms with Gasteiger partial charge in [0.25, 0.3) is 6.33 Å². The molecule has 1 heterocycles. The van der Waals surface area contributed by atoms with E-state index in [1.165, 1.54) is 11.3 Å². The highest BCUT2D eigenvalue weighted by molar-refractivity contribution is 5.85. The second kappa shape index (κ2) is 7.29. The van der Waals surface area contributed by atoms with E-state index in [0.717, 1.165) is 18.1 Å². The lowest BCUT2D eigenvalue weighted by Gasteiger charge is -2.12. The number of nitrogens with zero attached hydrogens (tertiary/aromatic N) is 4. The number of hydrogen-bond acceptors (Lipinski definition) is 2. The third-order valence-electron chi connectivity index (χ3n) is 3.85. The molecular formula is C18H22ClN4+. The van der Waals surface area contributed by atoms with E-state index in [9.17, 15) is 0 Å². The first-order chi connectivity index (χ1) is 10.6. The van der Waals surface area contributed by atoms with Gasteiger partial charge in [-0.05, 0) is 29.8 Å². The Hall–Kier alpha value is -2.33. The summed E-state index contributed by atoms with van der Waals surface area (Å²) in [4.78, 5) is 2.10. The van der Waals surface area contributed by atoms with Crippen LogP contribution in [0.3, 0.4) is 0 Å². The maximum absolute atomic E-state index is 4.51. The highest BCUT2D eigenvalue weighted by Crippen LogP contribution is 2.12. The third kappa shape index (κ3) is 3.71. The minimum Gasteiger partial charge on any atom is -0.378 e. The first kappa shape index (κ1) is 17.0. The van der Waals surface area contributed by atoms with Gasteiger partial charge in [0, 0.05) is 31.8 Å². The Bertz CT molecular complexity index is 748. The number of rotatable bonds is 4. The Morgan fingerprint density at radius 3 is 2.26 bits per heavy atom. The van der Waals surface area contributed by atoms with E-state index in [4.69, 9.17) is 0 Å². The quantitative estimate of drug-likeness (QED) is 0.687. The molecule has 2 aromatic carbocycles. The third-order valence-corrected chi connectivity index (χ3v) is 3.85. The summed E-state index contributed by atoms with van der Waals surface area (Å²) in [5.41, 5.74) is 3.57. The molecule has 3 aromatic rings. The molecule has 0 aliphatic rings. The molecule has 23 heavy (non-hydrogen) atoms. The zero-order chi connectivity index (χ0) is 15.5. The van der Waals surface area contributed by atoms with E-state index in [1.807, 2.05) is 31.2 Å². The van der Waals surface area contributed by atoms with Crippen molar-refractivity contribution in [1.29, 1.82) is 0 Å². The molecule has 0 spiro atoms. The van der Waals surface area contributed by atoms with Crippen LogP contribution in [0.15, 0.2) is 60.9 Å². The molecule has 0 atom stereocenters. The number of anilines is 1. The minimum atomic E-state index is 0. The van der Waals surface area contributed by atoms with Crippen molar-refractivity contribution in [3.63, 3.8) is 0 Å². The molecule has 0 saturated carbocycles. The van der Waals surface area contributed by atoms with Gasteiger partial charge in [0.15, 0.2) is 0 Å². The fraction of sp³-hybridized carbons (Fsp3) is 0.222. The van der Waals surface area contributed by atoms with Crippen LogP contribution >= 0.6 is 12.4 Å². The Balaban J connectivity index is 0.00000192. The topological polar surface area (TPSA) is 24.9 Å². The second-order valence-electron chi connectivity index (χ2n) is 5.60. The molecule has 0 bridgehead atoms. The van der Waals surface area contributed by atoms with Gasteiger partial charge in [-0.2, -0.15) is 0 Å². The summed E-state index contributed by atoms with van der Waals surface area (Å²) in [6.07, 6.45) is 1.88. The molecule has 5 heteroatoms. The van der Waals surface area contributed by atoms with E-state index in [2.05, 4.69) is 70.0 Å². The van der Waals surface area contributed by atoms with Crippen LogP contribution < -0.4 is 9.47 Å². The van der Waals surface area contributed by atoms with Crippen molar-refractivity contribution in [2.45, 2.75) is 13.5 Å². The van der Waals surface area contributed by atoms with Gasteiger partial charge in [-0.1, -0.05) is 30.3 Å². The number of hydrogen-bond donors (Lipinski definition) is 0. The van der Waals surface area contributed by atoms with Gasteiger partial charge in [0.1, 0.15) is 12.2 Å². The van der Waals surface area contributed by atoms with Crippen LogP contribution in [0.1, 0.15) is 11.4 Å². The molecule has 0 radical (unpaired) electrons. The Morgan fingerprint density at radius 2 is 1.65 bits per heavy atom. The van der Waals surface area contributed by atoms with Gasteiger partial charge in [0.05, 0.1) is 0 Å². The fourth-order valence-electron chi connectivity index (χ4n) is 2.48. The molecule has 120 valence electrons. The highest BCUT2D eigenvalue weighted by Gasteiger charge is 2.15. The van der Waals surface area contributed by atoms with Crippen molar-refractivity contribution in [3.8, 4) is 5.69 Å². The minimum absolute atomic E-state index is 0. The van der Waals surface area contributed by atoms with Crippen molar-refractivity contribution >= 4 is 18.1 Å². The first-order valence-electron chi connectivity index (χ1n) is 7.41. The molecule has 4 nitrogen and oxygen atoms in total. The predicted molar refractivity (Wildman–Crippen MR) is 95.6 cm³/mol. The van der Waals surface area contributed by atoms with Crippen LogP contribution in [0.25, 0.3) is 5.69 Å². The number of benzene rings is 2. The zero-order valence-corrected chi connectivity index (χ0v) is 14.5. The van der Waals surface area contributed by atoms with Crippen molar-refractivity contribution < 1.29 is 4.57 Å². The smallest absolute Gasteiger partial charge is 0.270 e. The summed E-state index contributed by atoms with van der Waals surface area (Å²) in [6, 6.07) is 18.9. The van der Waals surface area contributed by atoms with Crippen molar-refractivity contribution in [2.24, 2.45) is 0 Å². The standard InChI is InChI=1S/C18H21N4.ClH/c1-15-21(18-11-9-17(10-12-18)20(2)3)14-19-22(15)13-16-7-5-4-6-8-16;/h4-12,14H,13H2,1-3H3;1H/q+1;. The lowest BCUT2D eigenvalue weighted by Crippen LogP contribution is -2.32. The first-order valence-corrected chi connectivity index (χ1v) is 7.41. The van der Waals surface area contributed by atoms with E-state index < -0.39 is 0 Å². The second-order valence-corrected chi connectivity index (χ2v) is 5.60. The lowest BCUT2D eigenvalue weighted by atomic mass is 10.2. The van der Waals surface area contributed by atoms with Gasteiger partial charge >= 0.3 is 0 Å². The summed E-state index contributed by atoms with van der Waals surface area (Å²) in [5.74, 6) is 1.11. The monoisotopic (exact) mass is 329 g/mol. The molecule has 0 aliphatic carbocycles. The Kier molecular flexibility index (Phi) is 5.40. The van der Waals surface area contributed by atoms with E-state index in [1.54, 1.807) is 0 Å². The SMILES string of the molecule is Cc1n(Cc2ccccc2)nc[n+]1-c1ccc(N(C)C)cc1.Cl. The van der Waals surface area contributed by atoms with E-state index >= 15 is 0 Å². The van der Waals surface area contributed by atoms with Crippen LogP contribution in [0, 0.1) is 6.92 Å². The maximum Gasteiger partial charge on any atom is 0.270 e. The van der Waals surface area contributed by atoms with Crippen LogP contribution in [0.5, 0.6) is 0 Å². The molecule has 0 aliphatic heterocycles. The van der Waals surface area contributed by atoms with Crippen LogP contribution in [-0.4, -0.2) is 23.9 Å². The molecule has 0 fully saturated rings.